The molecule has 164 valence electrons. The third-order valence-corrected chi connectivity index (χ3v) is 5.37. The van der Waals surface area contributed by atoms with E-state index in [9.17, 15) is 4.79 Å². The summed E-state index contributed by atoms with van der Waals surface area (Å²) in [6.07, 6.45) is 0. The molecule has 0 unspecified atom stereocenters. The monoisotopic (exact) mass is 431 g/mol. The van der Waals surface area contributed by atoms with Gasteiger partial charge >= 0.3 is 0 Å². The quantitative estimate of drug-likeness (QED) is 0.484. The molecule has 8 heteroatoms. The van der Waals surface area contributed by atoms with Crippen LogP contribution < -0.4 is 10.1 Å². The van der Waals surface area contributed by atoms with E-state index in [1.165, 1.54) is 0 Å². The maximum absolute atomic E-state index is 12.8. The lowest BCUT2D eigenvalue weighted by Crippen LogP contribution is -2.15. The van der Waals surface area contributed by atoms with E-state index in [0.29, 0.717) is 35.3 Å². The van der Waals surface area contributed by atoms with Crippen molar-refractivity contribution >= 4 is 11.6 Å². The van der Waals surface area contributed by atoms with Crippen molar-refractivity contribution in [1.29, 1.82) is 0 Å². The largest absolute Gasteiger partial charge is 0.496 e. The van der Waals surface area contributed by atoms with E-state index >= 15 is 0 Å². The van der Waals surface area contributed by atoms with Gasteiger partial charge in [0.15, 0.2) is 5.69 Å². The minimum absolute atomic E-state index is 0.275. The van der Waals surface area contributed by atoms with Gasteiger partial charge in [-0.25, -0.2) is 9.67 Å². The van der Waals surface area contributed by atoms with Gasteiger partial charge in [-0.05, 0) is 57.0 Å². The predicted molar refractivity (Wildman–Crippen MR) is 121 cm³/mol. The second-order valence-corrected chi connectivity index (χ2v) is 7.68. The highest BCUT2D eigenvalue weighted by atomic mass is 16.5. The number of carbonyl (C=O) groups is 1. The van der Waals surface area contributed by atoms with Crippen molar-refractivity contribution in [3.8, 4) is 17.2 Å². The third-order valence-electron chi connectivity index (χ3n) is 5.37. The number of hydrogen-bond donors (Lipinski definition) is 1. The highest BCUT2D eigenvalue weighted by Gasteiger charge is 2.20. The molecule has 0 saturated carbocycles. The van der Waals surface area contributed by atoms with Crippen molar-refractivity contribution < 1.29 is 13.9 Å². The fourth-order valence-corrected chi connectivity index (χ4v) is 3.43. The first kappa shape index (κ1) is 21.3. The van der Waals surface area contributed by atoms with E-state index < -0.39 is 0 Å². The summed E-state index contributed by atoms with van der Waals surface area (Å²) in [5.74, 6) is 1.53. The maximum Gasteiger partial charge on any atom is 0.278 e. The first-order valence-corrected chi connectivity index (χ1v) is 10.3. The lowest BCUT2D eigenvalue weighted by atomic mass is 10.1. The summed E-state index contributed by atoms with van der Waals surface area (Å²) in [7, 11) is 1.61. The van der Waals surface area contributed by atoms with Gasteiger partial charge in [-0.3, -0.25) is 4.79 Å². The van der Waals surface area contributed by atoms with E-state index in [1.54, 1.807) is 11.8 Å². The van der Waals surface area contributed by atoms with Crippen LogP contribution in [0.25, 0.3) is 11.5 Å². The second kappa shape index (κ2) is 8.66. The smallest absolute Gasteiger partial charge is 0.278 e. The number of hydrogen-bond acceptors (Lipinski definition) is 6. The Bertz CT molecular complexity index is 1290. The zero-order valence-corrected chi connectivity index (χ0v) is 18.8. The maximum atomic E-state index is 12.8. The zero-order valence-electron chi connectivity index (χ0n) is 18.8. The molecule has 0 atom stereocenters. The molecular formula is C24H25N5O3. The molecule has 0 aliphatic heterocycles. The molecule has 0 bridgehead atoms. The second-order valence-electron chi connectivity index (χ2n) is 7.68. The first-order chi connectivity index (χ1) is 15.4. The number of aryl methyl sites for hydroxylation is 3. The number of anilines is 1. The average Bonchev–Trinajstić information content (AvgIpc) is 3.33. The highest BCUT2D eigenvalue weighted by Crippen LogP contribution is 2.30. The molecule has 1 amide bonds. The molecule has 32 heavy (non-hydrogen) atoms. The van der Waals surface area contributed by atoms with Crippen molar-refractivity contribution in [2.45, 2.75) is 34.2 Å². The van der Waals surface area contributed by atoms with Crippen molar-refractivity contribution in [2.24, 2.45) is 0 Å². The van der Waals surface area contributed by atoms with Crippen LogP contribution in [0.1, 0.15) is 38.8 Å². The summed E-state index contributed by atoms with van der Waals surface area (Å²) < 4.78 is 12.9. The van der Waals surface area contributed by atoms with Gasteiger partial charge in [0.1, 0.15) is 17.2 Å². The molecule has 0 radical (unpaired) electrons. The Hall–Kier alpha value is -3.94. The van der Waals surface area contributed by atoms with Crippen molar-refractivity contribution in [3.63, 3.8) is 0 Å². The molecule has 2 heterocycles. The Balaban J connectivity index is 1.56. The van der Waals surface area contributed by atoms with Crippen LogP contribution in [-0.2, 0) is 6.54 Å². The summed E-state index contributed by atoms with van der Waals surface area (Å²) in [6.45, 7) is 7.93. The molecule has 2 aromatic carbocycles. The number of benzene rings is 2. The molecule has 4 aromatic rings. The Labute approximate surface area is 186 Å². The lowest BCUT2D eigenvalue weighted by molar-refractivity contribution is 0.102. The molecule has 0 spiro atoms. The normalized spacial score (nSPS) is 10.9. The van der Waals surface area contributed by atoms with Gasteiger partial charge in [-0.1, -0.05) is 29.5 Å². The van der Waals surface area contributed by atoms with Crippen LogP contribution >= 0.6 is 0 Å². The van der Waals surface area contributed by atoms with E-state index in [2.05, 4.69) is 20.6 Å². The molecule has 1 N–H and O–H groups in total. The van der Waals surface area contributed by atoms with Crippen LogP contribution in [0, 0.1) is 27.7 Å². The minimum Gasteiger partial charge on any atom is -0.496 e. The molecular weight excluding hydrogens is 406 g/mol. The van der Waals surface area contributed by atoms with Gasteiger partial charge in [0.2, 0.25) is 5.89 Å². The standard InChI is InChI=1S/C24H25N5O3/c1-14-10-11-15(2)19(12-14)25-23(30)22-16(3)29(28-27-22)13-20-17(4)32-24(26-20)18-8-6-7-9-21(18)31-5/h6-12H,13H2,1-5H3,(H,25,30). The van der Waals surface area contributed by atoms with Gasteiger partial charge in [0.05, 0.1) is 24.9 Å². The molecule has 2 aromatic heterocycles. The van der Waals surface area contributed by atoms with Crippen molar-refractivity contribution in [1.82, 2.24) is 20.0 Å². The third kappa shape index (κ3) is 4.12. The predicted octanol–water partition coefficient (Wildman–Crippen LogP) is 4.48. The molecule has 0 aliphatic rings. The van der Waals surface area contributed by atoms with Crippen LogP contribution in [0.15, 0.2) is 46.9 Å². The summed E-state index contributed by atoms with van der Waals surface area (Å²) in [5.41, 5.74) is 5.21. The van der Waals surface area contributed by atoms with Gasteiger partial charge < -0.3 is 14.5 Å². The summed E-state index contributed by atoms with van der Waals surface area (Å²) in [5, 5.41) is 11.2. The molecule has 0 saturated heterocycles. The van der Waals surface area contributed by atoms with Crippen LogP contribution in [-0.4, -0.2) is 33.0 Å². The first-order valence-electron chi connectivity index (χ1n) is 10.3. The Morgan fingerprint density at radius 2 is 1.91 bits per heavy atom. The number of carbonyl (C=O) groups excluding carboxylic acids is 1. The number of aromatic nitrogens is 4. The highest BCUT2D eigenvalue weighted by molar-refractivity contribution is 6.03. The molecule has 0 aliphatic carbocycles. The number of ether oxygens (including phenoxy) is 1. The molecule has 8 nitrogen and oxygen atoms in total. The van der Waals surface area contributed by atoms with E-state index in [-0.39, 0.29) is 11.6 Å². The number of nitrogens with one attached hydrogen (secondary N) is 1. The fourth-order valence-electron chi connectivity index (χ4n) is 3.43. The molecule has 0 fully saturated rings. The van der Waals surface area contributed by atoms with Crippen LogP contribution in [0.2, 0.25) is 0 Å². The molecule has 4 rings (SSSR count). The van der Waals surface area contributed by atoms with Crippen LogP contribution in [0.4, 0.5) is 5.69 Å². The minimum atomic E-state index is -0.297. The summed E-state index contributed by atoms with van der Waals surface area (Å²) >= 11 is 0. The summed E-state index contributed by atoms with van der Waals surface area (Å²) in [6, 6.07) is 13.5. The van der Waals surface area contributed by atoms with Gasteiger partial charge in [-0.2, -0.15) is 0 Å². The zero-order chi connectivity index (χ0) is 22.8. The number of para-hydroxylation sites is 1. The summed E-state index contributed by atoms with van der Waals surface area (Å²) in [4.78, 5) is 17.4. The topological polar surface area (TPSA) is 95.1 Å². The number of oxazole rings is 1. The number of methoxy groups -OCH3 is 1. The van der Waals surface area contributed by atoms with Gasteiger partial charge in [0, 0.05) is 5.69 Å². The van der Waals surface area contributed by atoms with Crippen LogP contribution in [0.3, 0.4) is 0 Å². The van der Waals surface area contributed by atoms with E-state index in [1.807, 2.05) is 70.2 Å². The SMILES string of the molecule is COc1ccccc1-c1nc(Cn2nnc(C(=O)Nc3cc(C)ccc3C)c2C)c(C)o1. The van der Waals surface area contributed by atoms with Crippen LogP contribution in [0.5, 0.6) is 5.75 Å². The Morgan fingerprint density at radius 3 is 2.69 bits per heavy atom. The number of amides is 1. The fraction of sp³-hybridized carbons (Fsp3) is 0.250. The van der Waals surface area contributed by atoms with Gasteiger partial charge in [0.25, 0.3) is 5.91 Å². The van der Waals surface area contributed by atoms with Crippen molar-refractivity contribution in [3.05, 3.63) is 76.4 Å². The van der Waals surface area contributed by atoms with Crippen molar-refractivity contribution in [2.75, 3.05) is 12.4 Å². The Kier molecular flexibility index (Phi) is 5.77. The number of nitrogens with zero attached hydrogens (tertiary/aromatic N) is 4. The van der Waals surface area contributed by atoms with E-state index in [4.69, 9.17) is 9.15 Å². The van der Waals surface area contributed by atoms with E-state index in [0.717, 1.165) is 22.4 Å². The lowest BCUT2D eigenvalue weighted by Gasteiger charge is -2.08. The average molecular weight is 431 g/mol. The Morgan fingerprint density at radius 1 is 1.12 bits per heavy atom. The number of rotatable bonds is 6. The van der Waals surface area contributed by atoms with Gasteiger partial charge in [-0.15, -0.1) is 5.10 Å².